The van der Waals surface area contributed by atoms with Crippen LogP contribution in [0.4, 0.5) is 45.5 Å². The van der Waals surface area contributed by atoms with Crippen molar-refractivity contribution in [1.82, 2.24) is 24.8 Å². The molecule has 3 aliphatic rings. The maximum Gasteiger partial charge on any atom is 0.490 e. The number of nitrogens with zero attached hydrogens (tertiary/aromatic N) is 6. The molecule has 2 aromatic heterocycles. The number of rotatable bonds is 3. The summed E-state index contributed by atoms with van der Waals surface area (Å²) in [6.07, 6.45) is -12.1. The van der Waals surface area contributed by atoms with E-state index in [1.165, 1.54) is 21.8 Å². The van der Waals surface area contributed by atoms with Crippen LogP contribution in [0.25, 0.3) is 0 Å². The Kier molecular flexibility index (Phi) is 14.3. The lowest BCUT2D eigenvalue weighted by Crippen LogP contribution is -2.46. The molecule has 0 amide bonds. The first-order chi connectivity index (χ1) is 22.9. The Hall–Kier alpha value is -3.83. The SMILES string of the molecule is Cc1nc(C)c(CN2CCC3(COCc4cnc(N5CCN(C)CC5)nc43)C2)s1.O=C(O)C(F)(F)F.O=C(O)C(F)(F)F.O=C(O)C(F)(F)F. The molecule has 282 valence electrons. The summed E-state index contributed by atoms with van der Waals surface area (Å²) in [5.74, 6) is -7.38. The number of carboxylic acid groups (broad SMARTS) is 3. The molecule has 5 rings (SSSR count). The second-order valence-electron chi connectivity index (χ2n) is 11.2. The number of carboxylic acids is 3. The van der Waals surface area contributed by atoms with Crippen LogP contribution in [0, 0.1) is 13.8 Å². The molecule has 23 heteroatoms. The molecule has 3 aliphatic heterocycles. The minimum absolute atomic E-state index is 0.00844. The van der Waals surface area contributed by atoms with E-state index in [0.717, 1.165) is 69.8 Å². The largest absolute Gasteiger partial charge is 0.490 e. The van der Waals surface area contributed by atoms with E-state index in [2.05, 4.69) is 40.6 Å². The first-order valence-electron chi connectivity index (χ1n) is 14.3. The van der Waals surface area contributed by atoms with Gasteiger partial charge in [0.25, 0.3) is 0 Å². The minimum Gasteiger partial charge on any atom is -0.475 e. The van der Waals surface area contributed by atoms with Gasteiger partial charge >= 0.3 is 36.4 Å². The van der Waals surface area contributed by atoms with Crippen molar-refractivity contribution in [3.05, 3.63) is 33.0 Å². The zero-order chi connectivity index (χ0) is 38.2. The number of piperazine rings is 1. The van der Waals surface area contributed by atoms with Gasteiger partial charge in [-0.25, -0.2) is 29.3 Å². The lowest BCUT2D eigenvalue weighted by Gasteiger charge is -2.36. The zero-order valence-corrected chi connectivity index (χ0v) is 27.4. The molecule has 5 heterocycles. The van der Waals surface area contributed by atoms with Gasteiger partial charge in [0.05, 0.1) is 35.0 Å². The van der Waals surface area contributed by atoms with Crippen molar-refractivity contribution in [3.63, 3.8) is 0 Å². The molecule has 2 saturated heterocycles. The number of aliphatic carboxylic acids is 3. The number of hydrogen-bond donors (Lipinski definition) is 3. The van der Waals surface area contributed by atoms with Crippen LogP contribution in [0.2, 0.25) is 0 Å². The molecule has 1 atom stereocenters. The topological polar surface area (TPSA) is 170 Å². The third kappa shape index (κ3) is 12.5. The van der Waals surface area contributed by atoms with Gasteiger partial charge in [-0.05, 0) is 33.9 Å². The van der Waals surface area contributed by atoms with Crippen LogP contribution in [0.5, 0.6) is 0 Å². The number of anilines is 1. The monoisotopic (exact) mass is 756 g/mol. The summed E-state index contributed by atoms with van der Waals surface area (Å²) in [5, 5.41) is 22.5. The molecule has 13 nitrogen and oxygen atoms in total. The molecule has 50 heavy (non-hydrogen) atoms. The molecule has 0 radical (unpaired) electrons. The number of thiazole rings is 1. The van der Waals surface area contributed by atoms with Gasteiger partial charge in [-0.1, -0.05) is 0 Å². The van der Waals surface area contributed by atoms with Gasteiger partial charge in [-0.2, -0.15) is 39.5 Å². The normalized spacial score (nSPS) is 19.6. The smallest absolute Gasteiger partial charge is 0.475 e. The van der Waals surface area contributed by atoms with Gasteiger partial charge in [0.15, 0.2) is 0 Å². The molecule has 0 aliphatic carbocycles. The highest BCUT2D eigenvalue weighted by Gasteiger charge is 2.45. The van der Waals surface area contributed by atoms with Crippen LogP contribution in [0.1, 0.15) is 33.3 Å². The number of halogens is 9. The van der Waals surface area contributed by atoms with Gasteiger partial charge in [-0.15, -0.1) is 11.3 Å². The number of aryl methyl sites for hydroxylation is 2. The Morgan fingerprint density at radius 3 is 1.80 bits per heavy atom. The van der Waals surface area contributed by atoms with Gasteiger partial charge in [-0.3, -0.25) is 4.90 Å². The Bertz CT molecular complexity index is 1420. The lowest BCUT2D eigenvalue weighted by molar-refractivity contribution is -0.193. The summed E-state index contributed by atoms with van der Waals surface area (Å²) in [6.45, 7) is 12.8. The molecule has 1 spiro atoms. The van der Waals surface area contributed by atoms with Crippen molar-refractivity contribution in [2.75, 3.05) is 57.8 Å². The number of hydrogen-bond acceptors (Lipinski definition) is 11. The highest BCUT2D eigenvalue weighted by Crippen LogP contribution is 2.40. The Morgan fingerprint density at radius 2 is 1.36 bits per heavy atom. The molecule has 0 bridgehead atoms. The van der Waals surface area contributed by atoms with Crippen molar-refractivity contribution in [1.29, 1.82) is 0 Å². The van der Waals surface area contributed by atoms with Gasteiger partial charge in [0, 0.05) is 55.9 Å². The molecule has 2 fully saturated rings. The van der Waals surface area contributed by atoms with Crippen LogP contribution < -0.4 is 4.90 Å². The Morgan fingerprint density at radius 1 is 0.860 bits per heavy atom. The first-order valence-corrected chi connectivity index (χ1v) is 15.1. The fourth-order valence-electron chi connectivity index (χ4n) is 4.87. The van der Waals surface area contributed by atoms with Crippen molar-refractivity contribution >= 4 is 35.2 Å². The standard InChI is InChI=1S/C21H30N6OS.3C2HF3O2/c1-15-18(29-16(2)23-15)11-26-5-4-21(13-26)14-28-12-17-10-22-20(24-19(17)21)27-8-6-25(3)7-9-27;3*3-2(4,5)1(6)7/h10H,4-9,11-14H2,1-3H3;3*(H,6,7). The third-order valence-corrected chi connectivity index (χ3v) is 8.36. The lowest BCUT2D eigenvalue weighted by atomic mass is 9.80. The molecular formula is C27H33F9N6O7S. The Labute approximate surface area is 282 Å². The Balaban J connectivity index is 0.000000338. The van der Waals surface area contributed by atoms with Crippen molar-refractivity contribution < 1.29 is 74.0 Å². The average Bonchev–Trinajstić information content (AvgIpc) is 3.54. The number of carbonyl (C=O) groups is 3. The minimum atomic E-state index is -5.08. The number of likely N-dealkylation sites (tertiary alicyclic amines) is 1. The van der Waals surface area contributed by atoms with E-state index in [1.807, 2.05) is 17.5 Å². The van der Waals surface area contributed by atoms with Crippen LogP contribution in [-0.4, -0.2) is 129 Å². The summed E-state index contributed by atoms with van der Waals surface area (Å²) >= 11 is 1.82. The van der Waals surface area contributed by atoms with Crippen LogP contribution in [0.3, 0.4) is 0 Å². The highest BCUT2D eigenvalue weighted by atomic mass is 32.1. The predicted molar refractivity (Wildman–Crippen MR) is 156 cm³/mol. The summed E-state index contributed by atoms with van der Waals surface area (Å²) in [7, 11) is 2.18. The maximum absolute atomic E-state index is 10.6. The van der Waals surface area contributed by atoms with Gasteiger partial charge < -0.3 is 29.9 Å². The number of fused-ring (bicyclic) bond motifs is 2. The molecule has 2 aromatic rings. The molecule has 0 aromatic carbocycles. The molecular weight excluding hydrogens is 723 g/mol. The average molecular weight is 757 g/mol. The quantitative estimate of drug-likeness (QED) is 0.387. The number of likely N-dealkylation sites (N-methyl/N-ethyl adjacent to an activating group) is 1. The van der Waals surface area contributed by atoms with E-state index in [9.17, 15) is 39.5 Å². The van der Waals surface area contributed by atoms with E-state index < -0.39 is 36.4 Å². The van der Waals surface area contributed by atoms with Gasteiger partial charge in [0.1, 0.15) is 0 Å². The van der Waals surface area contributed by atoms with E-state index in [1.54, 1.807) is 0 Å². The molecule has 1 unspecified atom stereocenters. The van der Waals surface area contributed by atoms with Crippen molar-refractivity contribution in [3.8, 4) is 0 Å². The second-order valence-corrected chi connectivity index (χ2v) is 12.5. The number of ether oxygens (including phenoxy) is 1. The zero-order valence-electron chi connectivity index (χ0n) is 26.6. The fourth-order valence-corrected chi connectivity index (χ4v) is 5.85. The highest BCUT2D eigenvalue weighted by molar-refractivity contribution is 7.11. The van der Waals surface area contributed by atoms with E-state index >= 15 is 0 Å². The van der Waals surface area contributed by atoms with Crippen molar-refractivity contribution in [2.45, 2.75) is 57.4 Å². The summed E-state index contributed by atoms with van der Waals surface area (Å²) < 4.78 is 101. The van der Waals surface area contributed by atoms with Gasteiger partial charge in [0.2, 0.25) is 5.95 Å². The fraction of sp³-hybridized carbons (Fsp3) is 0.630. The number of alkyl halides is 9. The maximum atomic E-state index is 10.6. The van der Waals surface area contributed by atoms with E-state index in [4.69, 9.17) is 44.4 Å². The third-order valence-electron chi connectivity index (χ3n) is 7.30. The first kappa shape index (κ1) is 42.3. The number of aromatic nitrogens is 3. The molecule has 3 N–H and O–H groups in total. The second kappa shape index (κ2) is 16.9. The van der Waals surface area contributed by atoms with Crippen molar-refractivity contribution in [2.24, 2.45) is 0 Å². The summed E-state index contributed by atoms with van der Waals surface area (Å²) in [5.41, 5.74) is 3.56. The summed E-state index contributed by atoms with van der Waals surface area (Å²) in [6, 6.07) is 0. The molecule has 0 saturated carbocycles. The van der Waals surface area contributed by atoms with E-state index in [-0.39, 0.29) is 5.41 Å². The van der Waals surface area contributed by atoms with E-state index in [0.29, 0.717) is 6.61 Å². The van der Waals surface area contributed by atoms with Crippen LogP contribution >= 0.6 is 11.3 Å². The van der Waals surface area contributed by atoms with Crippen LogP contribution in [-0.2, 0) is 37.7 Å². The predicted octanol–water partition coefficient (Wildman–Crippen LogP) is 3.88. The summed E-state index contributed by atoms with van der Waals surface area (Å²) in [4.78, 5) is 49.8. The van der Waals surface area contributed by atoms with Crippen LogP contribution in [0.15, 0.2) is 6.20 Å².